The second-order valence-electron chi connectivity index (χ2n) is 2.65. The molecule has 0 atom stereocenters. The van der Waals surface area contributed by atoms with Gasteiger partial charge < -0.3 is 10.4 Å². The van der Waals surface area contributed by atoms with Crippen LogP contribution in [0, 0.1) is 11.3 Å². The summed E-state index contributed by atoms with van der Waals surface area (Å²) in [5, 5.41) is 20.1. The molecule has 1 rings (SSSR count). The van der Waals surface area contributed by atoms with Gasteiger partial charge >= 0.3 is 5.97 Å². The van der Waals surface area contributed by atoms with Crippen LogP contribution in [0.1, 0.15) is 19.3 Å². The minimum absolute atomic E-state index is 0.144. The van der Waals surface area contributed by atoms with E-state index in [9.17, 15) is 4.79 Å². The van der Waals surface area contributed by atoms with E-state index in [2.05, 4.69) is 5.32 Å². The number of allylic oxidation sites excluding steroid dienone is 1. The van der Waals surface area contributed by atoms with Crippen molar-refractivity contribution in [1.82, 2.24) is 5.32 Å². The smallest absolute Gasteiger partial charge is 0.348 e. The first-order chi connectivity index (χ1) is 5.75. The molecule has 0 aliphatic carbocycles. The molecule has 64 valence electrons. The summed E-state index contributed by atoms with van der Waals surface area (Å²) in [5.74, 6) is -1.14. The zero-order chi connectivity index (χ0) is 8.97. The fraction of sp³-hybridized carbons (Fsp3) is 0.500. The van der Waals surface area contributed by atoms with Gasteiger partial charge in [0.15, 0.2) is 5.57 Å². The van der Waals surface area contributed by atoms with Gasteiger partial charge in [-0.05, 0) is 19.3 Å². The summed E-state index contributed by atoms with van der Waals surface area (Å²) in [5.41, 5.74) is 0.436. The second kappa shape index (κ2) is 3.77. The zero-order valence-corrected chi connectivity index (χ0v) is 6.63. The number of carboxylic acids is 1. The highest BCUT2D eigenvalue weighted by Gasteiger charge is 2.15. The number of nitrogens with zero attached hydrogens (tertiary/aromatic N) is 1. The molecule has 4 nitrogen and oxygen atoms in total. The Morgan fingerprint density at radius 3 is 2.75 bits per heavy atom. The molecule has 0 amide bonds. The van der Waals surface area contributed by atoms with Gasteiger partial charge in [0.1, 0.15) is 6.07 Å². The molecule has 0 spiro atoms. The molecular formula is C8H10N2O2. The van der Waals surface area contributed by atoms with E-state index in [4.69, 9.17) is 10.4 Å². The molecule has 1 aliphatic rings. The Kier molecular flexibility index (Phi) is 2.70. The first-order valence-corrected chi connectivity index (χ1v) is 3.86. The van der Waals surface area contributed by atoms with E-state index < -0.39 is 5.97 Å². The molecule has 0 radical (unpaired) electrons. The van der Waals surface area contributed by atoms with Crippen molar-refractivity contribution in [2.24, 2.45) is 0 Å². The van der Waals surface area contributed by atoms with Crippen LogP contribution in [0.25, 0.3) is 0 Å². The fourth-order valence-electron chi connectivity index (χ4n) is 1.21. The minimum atomic E-state index is -1.14. The Labute approximate surface area is 70.5 Å². The molecular weight excluding hydrogens is 156 g/mol. The van der Waals surface area contributed by atoms with Gasteiger partial charge in [0.2, 0.25) is 0 Å². The molecule has 0 saturated carbocycles. The summed E-state index contributed by atoms with van der Waals surface area (Å²) in [6, 6.07) is 1.69. The molecule has 2 N–H and O–H groups in total. The lowest BCUT2D eigenvalue weighted by Gasteiger charge is -2.16. The number of aliphatic carboxylic acids is 1. The number of carboxylic acid groups (broad SMARTS) is 1. The summed E-state index contributed by atoms with van der Waals surface area (Å²) >= 11 is 0. The van der Waals surface area contributed by atoms with Crippen molar-refractivity contribution in [2.45, 2.75) is 19.3 Å². The summed E-state index contributed by atoms with van der Waals surface area (Å²) in [6.45, 7) is 0.772. The number of hydrogen-bond donors (Lipinski definition) is 2. The van der Waals surface area contributed by atoms with Gasteiger partial charge in [0, 0.05) is 12.2 Å². The molecule has 0 bridgehead atoms. The Morgan fingerprint density at radius 1 is 1.58 bits per heavy atom. The minimum Gasteiger partial charge on any atom is -0.477 e. The SMILES string of the molecule is N#CC(C(=O)O)=C1CCCCN1. The molecule has 1 fully saturated rings. The predicted octanol–water partition coefficient (Wildman–Crippen LogP) is 0.622. The Morgan fingerprint density at radius 2 is 2.33 bits per heavy atom. The second-order valence-corrected chi connectivity index (χ2v) is 2.65. The van der Waals surface area contributed by atoms with Crippen molar-refractivity contribution in [3.05, 3.63) is 11.3 Å². The highest BCUT2D eigenvalue weighted by atomic mass is 16.4. The van der Waals surface area contributed by atoms with Gasteiger partial charge in [-0.25, -0.2) is 4.79 Å². The van der Waals surface area contributed by atoms with E-state index >= 15 is 0 Å². The van der Waals surface area contributed by atoms with Crippen molar-refractivity contribution in [3.63, 3.8) is 0 Å². The normalized spacial score (nSPS) is 20.6. The highest BCUT2D eigenvalue weighted by molar-refractivity contribution is 5.91. The first-order valence-electron chi connectivity index (χ1n) is 3.86. The first kappa shape index (κ1) is 8.60. The lowest BCUT2D eigenvalue weighted by atomic mass is 10.1. The van der Waals surface area contributed by atoms with Gasteiger partial charge in [-0.3, -0.25) is 0 Å². The van der Waals surface area contributed by atoms with Crippen molar-refractivity contribution in [3.8, 4) is 6.07 Å². The van der Waals surface area contributed by atoms with Crippen molar-refractivity contribution in [2.75, 3.05) is 6.54 Å². The average Bonchev–Trinajstić information content (AvgIpc) is 2.07. The van der Waals surface area contributed by atoms with Crippen LogP contribution in [0.2, 0.25) is 0 Å². The third-order valence-corrected chi connectivity index (χ3v) is 1.82. The van der Waals surface area contributed by atoms with Crippen LogP contribution in [0.15, 0.2) is 11.3 Å². The van der Waals surface area contributed by atoms with Crippen LogP contribution in [0.3, 0.4) is 0 Å². The van der Waals surface area contributed by atoms with Gasteiger partial charge in [-0.2, -0.15) is 5.26 Å². The van der Waals surface area contributed by atoms with E-state index in [1.807, 2.05) is 0 Å². The van der Waals surface area contributed by atoms with Crippen molar-refractivity contribution < 1.29 is 9.90 Å². The van der Waals surface area contributed by atoms with Gasteiger partial charge in [0.25, 0.3) is 0 Å². The van der Waals surface area contributed by atoms with Crippen molar-refractivity contribution >= 4 is 5.97 Å². The maximum atomic E-state index is 10.5. The highest BCUT2D eigenvalue weighted by Crippen LogP contribution is 2.14. The third-order valence-electron chi connectivity index (χ3n) is 1.82. The summed E-state index contributed by atoms with van der Waals surface area (Å²) in [6.07, 6.45) is 2.68. The summed E-state index contributed by atoms with van der Waals surface area (Å²) in [4.78, 5) is 10.5. The number of rotatable bonds is 1. The zero-order valence-electron chi connectivity index (χ0n) is 6.63. The lowest BCUT2D eigenvalue weighted by molar-refractivity contribution is -0.132. The number of carbonyl (C=O) groups is 1. The lowest BCUT2D eigenvalue weighted by Crippen LogP contribution is -2.23. The number of nitriles is 1. The third kappa shape index (κ3) is 1.76. The van der Waals surface area contributed by atoms with Gasteiger partial charge in [0.05, 0.1) is 0 Å². The quantitative estimate of drug-likeness (QED) is 0.442. The van der Waals surface area contributed by atoms with E-state index in [-0.39, 0.29) is 5.57 Å². The van der Waals surface area contributed by atoms with Gasteiger partial charge in [-0.1, -0.05) is 0 Å². The van der Waals surface area contributed by atoms with Crippen LogP contribution in [-0.4, -0.2) is 17.6 Å². The molecule has 4 heteroatoms. The fourth-order valence-corrected chi connectivity index (χ4v) is 1.21. The maximum Gasteiger partial charge on any atom is 0.348 e. The van der Waals surface area contributed by atoms with Crippen LogP contribution < -0.4 is 5.32 Å². The summed E-state index contributed by atoms with van der Waals surface area (Å²) in [7, 11) is 0. The Bertz CT molecular complexity index is 255. The standard InChI is InChI=1S/C8H10N2O2/c9-5-6(8(11)12)7-3-1-2-4-10-7/h10H,1-4H2,(H,11,12). The number of piperidine rings is 1. The Hall–Kier alpha value is -1.50. The molecule has 1 saturated heterocycles. The molecule has 0 aromatic rings. The predicted molar refractivity (Wildman–Crippen MR) is 42.1 cm³/mol. The molecule has 0 aromatic heterocycles. The molecule has 1 heterocycles. The van der Waals surface area contributed by atoms with Crippen LogP contribution in [0.4, 0.5) is 0 Å². The molecule has 0 aromatic carbocycles. The number of nitrogens with one attached hydrogen (secondary N) is 1. The molecule has 0 unspecified atom stereocenters. The molecule has 12 heavy (non-hydrogen) atoms. The largest absolute Gasteiger partial charge is 0.477 e. The maximum absolute atomic E-state index is 10.5. The van der Waals surface area contributed by atoms with Gasteiger partial charge in [-0.15, -0.1) is 0 Å². The van der Waals surface area contributed by atoms with Crippen LogP contribution in [0.5, 0.6) is 0 Å². The van der Waals surface area contributed by atoms with E-state index in [1.54, 1.807) is 6.07 Å². The van der Waals surface area contributed by atoms with E-state index in [0.29, 0.717) is 12.1 Å². The van der Waals surface area contributed by atoms with E-state index in [1.165, 1.54) is 0 Å². The number of hydrogen-bond acceptors (Lipinski definition) is 3. The summed E-state index contributed by atoms with van der Waals surface area (Å²) < 4.78 is 0. The van der Waals surface area contributed by atoms with Crippen LogP contribution in [-0.2, 0) is 4.79 Å². The average molecular weight is 166 g/mol. The topological polar surface area (TPSA) is 73.1 Å². The van der Waals surface area contributed by atoms with Crippen LogP contribution >= 0.6 is 0 Å². The van der Waals surface area contributed by atoms with Crippen molar-refractivity contribution in [1.29, 1.82) is 5.26 Å². The monoisotopic (exact) mass is 166 g/mol. The Balaban J connectivity index is 2.84. The molecule has 1 aliphatic heterocycles. The van der Waals surface area contributed by atoms with E-state index in [0.717, 1.165) is 19.4 Å².